The molecule has 0 N–H and O–H groups in total. The van der Waals surface area contributed by atoms with Crippen molar-refractivity contribution < 1.29 is 14.3 Å². The van der Waals surface area contributed by atoms with Gasteiger partial charge in [-0.05, 0) is 141 Å². The number of hydrogen-bond donors (Lipinski definition) is 0. The monoisotopic (exact) mass is 562 g/mol. The highest BCUT2D eigenvalue weighted by Gasteiger charge is 2.60. The summed E-state index contributed by atoms with van der Waals surface area (Å²) in [6, 6.07) is 7.41. The van der Waals surface area contributed by atoms with Crippen molar-refractivity contribution in [2.45, 2.75) is 124 Å². The van der Waals surface area contributed by atoms with Gasteiger partial charge in [0, 0.05) is 0 Å². The molecule has 0 heterocycles. The van der Waals surface area contributed by atoms with Gasteiger partial charge in [0.2, 0.25) is 0 Å². The minimum atomic E-state index is -0.183. The van der Waals surface area contributed by atoms with Gasteiger partial charge in [0.1, 0.15) is 11.9 Å². The molecular weight excluding hydrogens is 504 g/mol. The van der Waals surface area contributed by atoms with Gasteiger partial charge in [-0.2, -0.15) is 0 Å². The van der Waals surface area contributed by atoms with Crippen LogP contribution in [0, 0.1) is 52.3 Å². The molecule has 0 aliphatic heterocycles. The van der Waals surface area contributed by atoms with Crippen LogP contribution in [0.1, 0.15) is 128 Å². The van der Waals surface area contributed by atoms with Crippen molar-refractivity contribution in [1.82, 2.24) is 0 Å². The average Bonchev–Trinajstić information content (AvgIpc) is 3.31. The lowest BCUT2D eigenvalue weighted by Gasteiger charge is -2.61. The van der Waals surface area contributed by atoms with Crippen molar-refractivity contribution >= 4 is 5.97 Å². The molecule has 0 aromatic heterocycles. The van der Waals surface area contributed by atoms with Crippen LogP contribution in [0.4, 0.5) is 0 Å². The number of hydrogen-bond acceptors (Lipinski definition) is 3. The molecule has 1 aromatic rings. The second kappa shape index (κ2) is 12.8. The van der Waals surface area contributed by atoms with Crippen LogP contribution in [0.2, 0.25) is 0 Å². The van der Waals surface area contributed by atoms with Crippen molar-refractivity contribution in [1.29, 1.82) is 0 Å². The molecule has 4 aliphatic carbocycles. The number of benzene rings is 1. The summed E-state index contributed by atoms with van der Waals surface area (Å²) in [4.78, 5) is 13.0. The molecule has 5 rings (SSSR count). The zero-order valence-electron chi connectivity index (χ0n) is 26.8. The third kappa shape index (κ3) is 6.30. The van der Waals surface area contributed by atoms with Crippen LogP contribution in [0.3, 0.4) is 0 Å². The van der Waals surface area contributed by atoms with Gasteiger partial charge < -0.3 is 9.47 Å². The van der Waals surface area contributed by atoms with Crippen LogP contribution in [-0.4, -0.2) is 18.7 Å². The summed E-state index contributed by atoms with van der Waals surface area (Å²) in [6.45, 7) is 17.0. The van der Waals surface area contributed by atoms with Crippen molar-refractivity contribution in [3.63, 3.8) is 0 Å². The standard InChI is InChI=1S/C38H58O3/c1-7-8-24-40-30-15-12-28(13-16-30)36(39)41-31-20-22-37(5)29(25-31)14-17-32-34-19-18-33(27(4)11-9-10-26(2)3)38(34,6)23-21-35(32)37/h7,12-13,15-16,26-27,29,31-35H,1,8-11,14,17-25H2,2-6H3/t27-,29+,31+,32+,33-,34+,35+,37+,38-/m1/s1. The topological polar surface area (TPSA) is 35.5 Å². The van der Waals surface area contributed by atoms with E-state index < -0.39 is 0 Å². The van der Waals surface area contributed by atoms with E-state index in [0.29, 0.717) is 28.9 Å². The third-order valence-electron chi connectivity index (χ3n) is 12.8. The van der Waals surface area contributed by atoms with E-state index in [1.54, 1.807) is 0 Å². The Balaban J connectivity index is 1.17. The molecule has 4 fully saturated rings. The van der Waals surface area contributed by atoms with Crippen LogP contribution in [0.5, 0.6) is 5.75 Å². The Morgan fingerprint density at radius 3 is 2.41 bits per heavy atom. The first kappa shape index (κ1) is 30.7. The fraction of sp³-hybridized carbons (Fsp3) is 0.763. The van der Waals surface area contributed by atoms with E-state index in [1.165, 1.54) is 64.2 Å². The molecule has 3 nitrogen and oxygen atoms in total. The number of carbonyl (C=O) groups is 1. The van der Waals surface area contributed by atoms with Gasteiger partial charge in [0.05, 0.1) is 12.2 Å². The third-order valence-corrected chi connectivity index (χ3v) is 12.8. The lowest BCUT2D eigenvalue weighted by atomic mass is 9.44. The lowest BCUT2D eigenvalue weighted by molar-refractivity contribution is -0.130. The van der Waals surface area contributed by atoms with E-state index in [1.807, 2.05) is 30.3 Å². The van der Waals surface area contributed by atoms with E-state index >= 15 is 0 Å². The van der Waals surface area contributed by atoms with Gasteiger partial charge in [0.25, 0.3) is 0 Å². The Labute approximate surface area is 251 Å². The van der Waals surface area contributed by atoms with Crippen LogP contribution in [0.15, 0.2) is 36.9 Å². The molecule has 41 heavy (non-hydrogen) atoms. The zero-order chi connectivity index (χ0) is 29.2. The second-order valence-electron chi connectivity index (χ2n) is 15.4. The highest BCUT2D eigenvalue weighted by molar-refractivity contribution is 5.89. The van der Waals surface area contributed by atoms with Gasteiger partial charge in [-0.15, -0.1) is 6.58 Å². The Kier molecular flexibility index (Phi) is 9.61. The van der Waals surface area contributed by atoms with E-state index in [0.717, 1.165) is 60.5 Å². The van der Waals surface area contributed by atoms with Gasteiger partial charge in [-0.25, -0.2) is 4.79 Å². The van der Waals surface area contributed by atoms with Crippen LogP contribution in [-0.2, 0) is 4.74 Å². The van der Waals surface area contributed by atoms with Crippen molar-refractivity contribution in [3.8, 4) is 5.75 Å². The quantitative estimate of drug-likeness (QED) is 0.153. The van der Waals surface area contributed by atoms with E-state index in [9.17, 15) is 4.79 Å². The molecule has 0 unspecified atom stereocenters. The summed E-state index contributed by atoms with van der Waals surface area (Å²) in [5, 5.41) is 0. The number of esters is 1. The lowest BCUT2D eigenvalue weighted by Crippen LogP contribution is -2.54. The van der Waals surface area contributed by atoms with Crippen LogP contribution in [0.25, 0.3) is 0 Å². The summed E-state index contributed by atoms with van der Waals surface area (Å²) in [6.07, 6.45) is 18.7. The number of carbonyl (C=O) groups excluding carboxylic acids is 1. The predicted octanol–water partition coefficient (Wildman–Crippen LogP) is 10.3. The van der Waals surface area contributed by atoms with E-state index in [4.69, 9.17) is 9.47 Å². The maximum Gasteiger partial charge on any atom is 0.338 e. The van der Waals surface area contributed by atoms with E-state index in [-0.39, 0.29) is 12.1 Å². The number of fused-ring (bicyclic) bond motifs is 5. The fourth-order valence-corrected chi connectivity index (χ4v) is 10.5. The Bertz CT molecular complexity index is 1030. The number of rotatable bonds is 11. The van der Waals surface area contributed by atoms with Gasteiger partial charge in [0.15, 0.2) is 0 Å². The molecule has 228 valence electrons. The molecule has 1 aromatic carbocycles. The summed E-state index contributed by atoms with van der Waals surface area (Å²) in [5.41, 5.74) is 1.60. The van der Waals surface area contributed by atoms with Crippen LogP contribution < -0.4 is 4.74 Å². The zero-order valence-corrected chi connectivity index (χ0v) is 26.8. The molecule has 0 saturated heterocycles. The average molecular weight is 563 g/mol. The van der Waals surface area contributed by atoms with Crippen molar-refractivity contribution in [3.05, 3.63) is 42.5 Å². The summed E-state index contributed by atoms with van der Waals surface area (Å²) in [7, 11) is 0. The SMILES string of the molecule is C=CCCOc1ccc(C(=O)O[C@H]2CC[C@@]3(C)[C@@H](CC[C@@H]4[C@@H]3CC[C@]3(C)[C@@H]([C@H](C)CCCC(C)C)CC[C@@H]43)C2)cc1. The first-order valence-electron chi connectivity index (χ1n) is 17.2. The molecular formula is C38H58O3. The molecule has 0 radical (unpaired) electrons. The minimum absolute atomic E-state index is 0.0528. The molecule has 4 saturated carbocycles. The second-order valence-corrected chi connectivity index (χ2v) is 15.4. The molecule has 0 bridgehead atoms. The van der Waals surface area contributed by atoms with Crippen molar-refractivity contribution in [2.75, 3.05) is 6.61 Å². The molecule has 0 amide bonds. The molecule has 0 spiro atoms. The summed E-state index contributed by atoms with van der Waals surface area (Å²) >= 11 is 0. The van der Waals surface area contributed by atoms with Crippen LogP contribution >= 0.6 is 0 Å². The molecule has 3 heteroatoms. The fourth-order valence-electron chi connectivity index (χ4n) is 10.5. The molecule has 9 atom stereocenters. The molecule has 4 aliphatic rings. The number of ether oxygens (including phenoxy) is 2. The maximum atomic E-state index is 13.0. The normalized spacial score (nSPS) is 37.0. The largest absolute Gasteiger partial charge is 0.493 e. The smallest absolute Gasteiger partial charge is 0.338 e. The van der Waals surface area contributed by atoms with Crippen molar-refractivity contribution in [2.24, 2.45) is 52.3 Å². The Hall–Kier alpha value is -1.77. The minimum Gasteiger partial charge on any atom is -0.493 e. The first-order valence-corrected chi connectivity index (χ1v) is 17.2. The van der Waals surface area contributed by atoms with Gasteiger partial charge in [-0.3, -0.25) is 0 Å². The maximum absolute atomic E-state index is 13.0. The first-order chi connectivity index (χ1) is 19.7. The Morgan fingerprint density at radius 2 is 1.68 bits per heavy atom. The summed E-state index contributed by atoms with van der Waals surface area (Å²) in [5.74, 6) is 6.62. The van der Waals surface area contributed by atoms with Gasteiger partial charge in [-0.1, -0.05) is 60.0 Å². The Morgan fingerprint density at radius 1 is 0.951 bits per heavy atom. The van der Waals surface area contributed by atoms with Gasteiger partial charge >= 0.3 is 5.97 Å². The predicted molar refractivity (Wildman–Crippen MR) is 169 cm³/mol. The highest BCUT2D eigenvalue weighted by atomic mass is 16.5. The highest BCUT2D eigenvalue weighted by Crippen LogP contribution is 2.68. The summed E-state index contributed by atoms with van der Waals surface area (Å²) < 4.78 is 11.8. The van der Waals surface area contributed by atoms with E-state index in [2.05, 4.69) is 41.2 Å².